The Labute approximate surface area is 166 Å². The fraction of sp³-hybridized carbons (Fsp3) is 0.600. The molecule has 3 rings (SSSR count). The first-order chi connectivity index (χ1) is 13.4. The quantitative estimate of drug-likeness (QED) is 0.424. The number of benzene rings is 1. The Hall–Kier alpha value is -2.09. The minimum atomic E-state index is -3.30. The Balaban J connectivity index is 1.33. The number of nitrogens with zero attached hydrogens (tertiary/aromatic N) is 1. The standard InChI is InChI=1S/C20H28N2O5S/c23-19-14-22(20(24)21-19)11-4-2-1-3-5-12-28(25,26)18-8-6-7-17(13-18)27-15-16-9-10-16/h6-8,13,16H,1-5,9-12,14-15H2,(H,21,23,24). The van der Waals surface area contributed by atoms with E-state index in [0.29, 0.717) is 36.1 Å². The van der Waals surface area contributed by atoms with Crippen LogP contribution >= 0.6 is 0 Å². The minimum Gasteiger partial charge on any atom is -0.493 e. The van der Waals surface area contributed by atoms with Gasteiger partial charge in [-0.3, -0.25) is 10.1 Å². The molecule has 1 aromatic carbocycles. The zero-order valence-corrected chi connectivity index (χ0v) is 16.9. The number of sulfone groups is 1. The summed E-state index contributed by atoms with van der Waals surface area (Å²) in [6.45, 7) is 1.36. The predicted octanol–water partition coefficient (Wildman–Crippen LogP) is 2.75. The topological polar surface area (TPSA) is 92.8 Å². The Morgan fingerprint density at radius 2 is 1.82 bits per heavy atom. The normalized spacial score (nSPS) is 17.1. The number of urea groups is 1. The van der Waals surface area contributed by atoms with Crippen molar-refractivity contribution in [1.29, 1.82) is 0 Å². The third-order valence-corrected chi connectivity index (χ3v) is 6.85. The van der Waals surface area contributed by atoms with Crippen LogP contribution in [-0.2, 0) is 14.6 Å². The van der Waals surface area contributed by atoms with E-state index in [1.807, 2.05) is 0 Å². The average Bonchev–Trinajstić information content (AvgIpc) is 3.43. The molecule has 1 heterocycles. The number of nitrogens with one attached hydrogen (secondary N) is 1. The van der Waals surface area contributed by atoms with Crippen LogP contribution in [0.4, 0.5) is 4.79 Å². The molecule has 2 fully saturated rings. The van der Waals surface area contributed by atoms with Crippen molar-refractivity contribution in [2.24, 2.45) is 5.92 Å². The number of imide groups is 1. The SMILES string of the molecule is O=C1CN(CCCCCCCS(=O)(=O)c2cccc(OCC3CC3)c2)C(=O)N1. The van der Waals surface area contributed by atoms with Crippen molar-refractivity contribution in [3.05, 3.63) is 24.3 Å². The summed E-state index contributed by atoms with van der Waals surface area (Å²) < 4.78 is 30.7. The van der Waals surface area contributed by atoms with Crippen LogP contribution in [0.25, 0.3) is 0 Å². The molecular formula is C20H28N2O5S. The van der Waals surface area contributed by atoms with Gasteiger partial charge in [-0.15, -0.1) is 0 Å². The van der Waals surface area contributed by atoms with Gasteiger partial charge in [-0.25, -0.2) is 13.2 Å². The highest BCUT2D eigenvalue weighted by Gasteiger charge is 2.25. The maximum Gasteiger partial charge on any atom is 0.324 e. The number of amides is 3. The van der Waals surface area contributed by atoms with E-state index >= 15 is 0 Å². The van der Waals surface area contributed by atoms with Crippen LogP contribution in [0.1, 0.15) is 44.9 Å². The maximum atomic E-state index is 12.5. The third-order valence-electron chi connectivity index (χ3n) is 5.06. The fourth-order valence-electron chi connectivity index (χ4n) is 3.16. The molecule has 7 nitrogen and oxygen atoms in total. The summed E-state index contributed by atoms with van der Waals surface area (Å²) in [4.78, 5) is 24.3. The number of unbranched alkanes of at least 4 members (excludes halogenated alkanes) is 4. The lowest BCUT2D eigenvalue weighted by atomic mass is 10.1. The van der Waals surface area contributed by atoms with Gasteiger partial charge in [0, 0.05) is 6.54 Å². The van der Waals surface area contributed by atoms with Crippen molar-refractivity contribution in [2.75, 3.05) is 25.4 Å². The van der Waals surface area contributed by atoms with E-state index in [2.05, 4.69) is 5.32 Å². The lowest BCUT2D eigenvalue weighted by molar-refractivity contribution is -0.118. The molecule has 1 N–H and O–H groups in total. The van der Waals surface area contributed by atoms with Gasteiger partial charge in [0.1, 0.15) is 12.3 Å². The van der Waals surface area contributed by atoms with Crippen LogP contribution in [0.2, 0.25) is 0 Å². The summed E-state index contributed by atoms with van der Waals surface area (Å²) in [6, 6.07) is 6.46. The van der Waals surface area contributed by atoms with E-state index in [4.69, 9.17) is 4.74 Å². The number of carbonyl (C=O) groups excluding carboxylic acids is 2. The van der Waals surface area contributed by atoms with E-state index in [9.17, 15) is 18.0 Å². The molecule has 0 unspecified atom stereocenters. The van der Waals surface area contributed by atoms with Gasteiger partial charge in [-0.1, -0.05) is 25.3 Å². The molecule has 0 aromatic heterocycles. The van der Waals surface area contributed by atoms with Gasteiger partial charge in [0.25, 0.3) is 0 Å². The Morgan fingerprint density at radius 3 is 2.54 bits per heavy atom. The molecule has 8 heteroatoms. The molecule has 28 heavy (non-hydrogen) atoms. The molecule has 0 bridgehead atoms. The fourth-order valence-corrected chi connectivity index (χ4v) is 4.56. The molecule has 0 radical (unpaired) electrons. The number of hydrogen-bond acceptors (Lipinski definition) is 5. The number of ether oxygens (including phenoxy) is 1. The average molecular weight is 409 g/mol. The molecular weight excluding hydrogens is 380 g/mol. The summed E-state index contributed by atoms with van der Waals surface area (Å²) in [5, 5.41) is 2.25. The molecule has 1 aliphatic carbocycles. The lowest BCUT2D eigenvalue weighted by Gasteiger charge is -2.12. The first kappa shape index (κ1) is 20.6. The molecule has 2 aliphatic rings. The second kappa shape index (κ2) is 9.41. The van der Waals surface area contributed by atoms with Crippen LogP contribution < -0.4 is 10.1 Å². The van der Waals surface area contributed by atoms with Crippen molar-refractivity contribution in [3.8, 4) is 5.75 Å². The number of rotatable bonds is 12. The second-order valence-electron chi connectivity index (χ2n) is 7.59. The van der Waals surface area contributed by atoms with E-state index in [-0.39, 0.29) is 24.2 Å². The van der Waals surface area contributed by atoms with Crippen molar-refractivity contribution in [3.63, 3.8) is 0 Å². The minimum absolute atomic E-state index is 0.127. The maximum absolute atomic E-state index is 12.5. The first-order valence-corrected chi connectivity index (χ1v) is 11.6. The summed E-state index contributed by atoms with van der Waals surface area (Å²) in [5.74, 6) is 1.12. The molecule has 0 spiro atoms. The van der Waals surface area contributed by atoms with Crippen LogP contribution in [0.3, 0.4) is 0 Å². The molecule has 1 aromatic rings. The molecule has 1 aliphatic heterocycles. The van der Waals surface area contributed by atoms with E-state index in [1.165, 1.54) is 17.7 Å². The Kier molecular flexibility index (Phi) is 6.93. The van der Waals surface area contributed by atoms with E-state index in [1.54, 1.807) is 24.3 Å². The molecule has 3 amide bonds. The van der Waals surface area contributed by atoms with Gasteiger partial charge in [0.05, 0.1) is 17.3 Å². The van der Waals surface area contributed by atoms with Gasteiger partial charge < -0.3 is 9.64 Å². The van der Waals surface area contributed by atoms with Gasteiger partial charge in [0.2, 0.25) is 5.91 Å². The van der Waals surface area contributed by atoms with Gasteiger partial charge >= 0.3 is 6.03 Å². The number of hydrogen-bond donors (Lipinski definition) is 1. The summed E-state index contributed by atoms with van der Waals surface area (Å²) in [6.07, 6.45) is 6.45. The molecule has 1 saturated carbocycles. The van der Waals surface area contributed by atoms with Crippen molar-refractivity contribution < 1.29 is 22.7 Å². The summed E-state index contributed by atoms with van der Waals surface area (Å²) in [5.41, 5.74) is 0. The smallest absolute Gasteiger partial charge is 0.324 e. The Bertz CT molecular complexity index is 805. The van der Waals surface area contributed by atoms with Gasteiger partial charge in [-0.05, 0) is 49.8 Å². The molecule has 0 atom stereocenters. The van der Waals surface area contributed by atoms with Crippen LogP contribution in [0, 0.1) is 5.92 Å². The van der Waals surface area contributed by atoms with E-state index < -0.39 is 9.84 Å². The van der Waals surface area contributed by atoms with Crippen molar-refractivity contribution >= 4 is 21.8 Å². The highest BCUT2D eigenvalue weighted by atomic mass is 32.2. The highest BCUT2D eigenvalue weighted by molar-refractivity contribution is 7.91. The van der Waals surface area contributed by atoms with Gasteiger partial charge in [-0.2, -0.15) is 0 Å². The zero-order valence-electron chi connectivity index (χ0n) is 16.1. The highest BCUT2D eigenvalue weighted by Crippen LogP contribution is 2.30. The van der Waals surface area contributed by atoms with E-state index in [0.717, 1.165) is 25.7 Å². The van der Waals surface area contributed by atoms with Crippen molar-refractivity contribution in [1.82, 2.24) is 10.2 Å². The van der Waals surface area contributed by atoms with Crippen LogP contribution in [0.5, 0.6) is 5.75 Å². The van der Waals surface area contributed by atoms with Crippen LogP contribution in [0.15, 0.2) is 29.2 Å². The van der Waals surface area contributed by atoms with Crippen LogP contribution in [-0.4, -0.2) is 50.7 Å². The molecule has 1 saturated heterocycles. The second-order valence-corrected chi connectivity index (χ2v) is 9.70. The summed E-state index contributed by atoms with van der Waals surface area (Å²) in [7, 11) is -3.30. The van der Waals surface area contributed by atoms with Gasteiger partial charge in [0.15, 0.2) is 9.84 Å². The predicted molar refractivity (Wildman–Crippen MR) is 105 cm³/mol. The third kappa shape index (κ3) is 6.22. The Morgan fingerprint density at radius 1 is 1.07 bits per heavy atom. The monoisotopic (exact) mass is 408 g/mol. The van der Waals surface area contributed by atoms with Crippen molar-refractivity contribution in [2.45, 2.75) is 49.8 Å². The summed E-state index contributed by atoms with van der Waals surface area (Å²) >= 11 is 0. The number of carbonyl (C=O) groups is 2. The largest absolute Gasteiger partial charge is 0.493 e. The zero-order chi connectivity index (χ0) is 20.0. The lowest BCUT2D eigenvalue weighted by Crippen LogP contribution is -2.29. The first-order valence-electron chi connectivity index (χ1n) is 9.98. The molecule has 154 valence electrons.